The first-order chi connectivity index (χ1) is 9.32. The van der Waals surface area contributed by atoms with Crippen molar-refractivity contribution in [3.05, 3.63) is 0 Å². The first kappa shape index (κ1) is 14.8. The number of nitrogen functional groups attached to an aromatic ring is 1. The van der Waals surface area contributed by atoms with Gasteiger partial charge in [-0.25, -0.2) is 0 Å². The zero-order chi connectivity index (χ0) is 14.9. The third kappa shape index (κ3) is 2.92. The minimum atomic E-state index is -0.0114. The molecule has 20 heavy (non-hydrogen) atoms. The molecule has 1 saturated carbocycles. The lowest BCUT2D eigenvalue weighted by Crippen LogP contribution is -2.57. The number of nitrogens with two attached hydrogens (primary N) is 1. The summed E-state index contributed by atoms with van der Waals surface area (Å²) in [5.41, 5.74) is 5.71. The lowest BCUT2D eigenvalue weighted by molar-refractivity contribution is -0.0796. The van der Waals surface area contributed by atoms with Crippen molar-refractivity contribution in [2.45, 2.75) is 52.4 Å². The van der Waals surface area contributed by atoms with Gasteiger partial charge in [0, 0.05) is 18.6 Å². The summed E-state index contributed by atoms with van der Waals surface area (Å²) in [5.74, 6) is 0.597. The van der Waals surface area contributed by atoms with Crippen LogP contribution >= 0.6 is 0 Å². The van der Waals surface area contributed by atoms with Gasteiger partial charge in [-0.1, -0.05) is 13.8 Å². The standard InChI is InChI=1S/C13H23N5O2/c1-7(2)20-12-17-10(14)16-11(18-12)15-8-6-9(19-5)13(8,3)4/h7-9H,6H2,1-5H3,(H3,14,15,16,17,18). The molecule has 0 aromatic carbocycles. The number of nitrogens with zero attached hydrogens (tertiary/aromatic N) is 3. The van der Waals surface area contributed by atoms with Gasteiger partial charge in [-0.05, 0) is 20.3 Å². The lowest BCUT2D eigenvalue weighted by Gasteiger charge is -2.51. The zero-order valence-corrected chi connectivity index (χ0v) is 12.7. The predicted octanol–water partition coefficient (Wildman–Crippen LogP) is 1.47. The van der Waals surface area contributed by atoms with E-state index in [4.69, 9.17) is 15.2 Å². The second-order valence-corrected chi connectivity index (χ2v) is 5.94. The molecule has 2 unspecified atom stereocenters. The van der Waals surface area contributed by atoms with Crippen molar-refractivity contribution in [3.8, 4) is 6.01 Å². The molecule has 7 heteroatoms. The van der Waals surface area contributed by atoms with Crippen molar-refractivity contribution < 1.29 is 9.47 Å². The van der Waals surface area contributed by atoms with Gasteiger partial charge >= 0.3 is 6.01 Å². The Morgan fingerprint density at radius 2 is 2.00 bits per heavy atom. The molecule has 1 aromatic rings. The summed E-state index contributed by atoms with van der Waals surface area (Å²) in [6.45, 7) is 8.12. The second kappa shape index (κ2) is 5.40. The van der Waals surface area contributed by atoms with Gasteiger partial charge in [0.15, 0.2) is 0 Å². The van der Waals surface area contributed by atoms with Crippen LogP contribution in [-0.4, -0.2) is 40.3 Å². The summed E-state index contributed by atoms with van der Waals surface area (Å²) >= 11 is 0. The number of ether oxygens (including phenoxy) is 2. The fraction of sp³-hybridized carbons (Fsp3) is 0.769. The quantitative estimate of drug-likeness (QED) is 0.843. The molecule has 0 radical (unpaired) electrons. The van der Waals surface area contributed by atoms with Crippen LogP contribution in [0.25, 0.3) is 0 Å². The van der Waals surface area contributed by atoms with Crippen molar-refractivity contribution in [1.82, 2.24) is 15.0 Å². The van der Waals surface area contributed by atoms with Crippen molar-refractivity contribution >= 4 is 11.9 Å². The predicted molar refractivity (Wildman–Crippen MR) is 76.6 cm³/mol. The maximum atomic E-state index is 5.68. The highest BCUT2D eigenvalue weighted by atomic mass is 16.5. The number of anilines is 2. The Bertz CT molecular complexity index is 478. The Morgan fingerprint density at radius 1 is 1.30 bits per heavy atom. The molecule has 0 saturated heterocycles. The summed E-state index contributed by atoms with van der Waals surface area (Å²) in [6.07, 6.45) is 1.14. The summed E-state index contributed by atoms with van der Waals surface area (Å²) in [4.78, 5) is 12.3. The Balaban J connectivity index is 2.09. The van der Waals surface area contributed by atoms with E-state index in [9.17, 15) is 0 Å². The Hall–Kier alpha value is -1.63. The smallest absolute Gasteiger partial charge is 0.323 e. The molecule has 112 valence electrons. The van der Waals surface area contributed by atoms with Crippen molar-refractivity contribution in [3.63, 3.8) is 0 Å². The highest BCUT2D eigenvalue weighted by Crippen LogP contribution is 2.43. The van der Waals surface area contributed by atoms with Crippen LogP contribution in [0.15, 0.2) is 0 Å². The highest BCUT2D eigenvalue weighted by Gasteiger charge is 2.48. The number of nitrogens with one attached hydrogen (secondary N) is 1. The van der Waals surface area contributed by atoms with Crippen molar-refractivity contribution in [2.24, 2.45) is 5.41 Å². The van der Waals surface area contributed by atoms with Gasteiger partial charge in [0.05, 0.1) is 12.2 Å². The summed E-state index contributed by atoms with van der Waals surface area (Å²) < 4.78 is 10.9. The first-order valence-electron chi connectivity index (χ1n) is 6.80. The topological polar surface area (TPSA) is 95.2 Å². The van der Waals surface area contributed by atoms with E-state index < -0.39 is 0 Å². The molecule has 2 atom stereocenters. The summed E-state index contributed by atoms with van der Waals surface area (Å²) in [6, 6.07) is 0.483. The minimum absolute atomic E-state index is 0.0114. The van der Waals surface area contributed by atoms with Crippen LogP contribution in [0.5, 0.6) is 6.01 Å². The second-order valence-electron chi connectivity index (χ2n) is 5.94. The normalized spacial score (nSPS) is 24.3. The van der Waals surface area contributed by atoms with E-state index in [1.165, 1.54) is 0 Å². The van der Waals surface area contributed by atoms with Gasteiger partial charge < -0.3 is 20.5 Å². The molecule has 1 fully saturated rings. The molecule has 1 aromatic heterocycles. The molecule has 0 amide bonds. The average molecular weight is 281 g/mol. The van der Waals surface area contributed by atoms with Crippen LogP contribution in [0.2, 0.25) is 0 Å². The number of rotatable bonds is 5. The highest BCUT2D eigenvalue weighted by molar-refractivity contribution is 5.35. The van der Waals surface area contributed by atoms with Crippen LogP contribution < -0.4 is 15.8 Å². The third-order valence-electron chi connectivity index (χ3n) is 3.74. The van der Waals surface area contributed by atoms with Crippen LogP contribution in [0.4, 0.5) is 11.9 Å². The zero-order valence-electron chi connectivity index (χ0n) is 12.7. The number of aromatic nitrogens is 3. The fourth-order valence-electron chi connectivity index (χ4n) is 2.39. The molecule has 3 N–H and O–H groups in total. The molecule has 0 aliphatic heterocycles. The molecule has 1 aliphatic rings. The molecule has 0 spiro atoms. The van der Waals surface area contributed by atoms with Crippen LogP contribution in [-0.2, 0) is 4.74 Å². The van der Waals surface area contributed by atoms with Crippen molar-refractivity contribution in [2.75, 3.05) is 18.2 Å². The SMILES string of the molecule is COC1CC(Nc2nc(N)nc(OC(C)C)n2)C1(C)C. The molecule has 1 aliphatic carbocycles. The van der Waals surface area contributed by atoms with Crippen LogP contribution in [0, 0.1) is 5.41 Å². The molecule has 1 heterocycles. The lowest BCUT2D eigenvalue weighted by atomic mass is 9.64. The number of hydrogen-bond acceptors (Lipinski definition) is 7. The summed E-state index contributed by atoms with van der Waals surface area (Å²) in [5, 5.41) is 3.29. The Kier molecular flexibility index (Phi) is 3.99. The monoisotopic (exact) mass is 281 g/mol. The van der Waals surface area contributed by atoms with E-state index in [1.807, 2.05) is 13.8 Å². The first-order valence-corrected chi connectivity index (χ1v) is 6.80. The number of methoxy groups -OCH3 is 1. The van der Waals surface area contributed by atoms with E-state index in [2.05, 4.69) is 34.1 Å². The van der Waals surface area contributed by atoms with Crippen LogP contribution in [0.3, 0.4) is 0 Å². The van der Waals surface area contributed by atoms with Crippen molar-refractivity contribution in [1.29, 1.82) is 0 Å². The molecular formula is C13H23N5O2. The van der Waals surface area contributed by atoms with E-state index in [0.29, 0.717) is 5.95 Å². The van der Waals surface area contributed by atoms with Crippen LogP contribution in [0.1, 0.15) is 34.1 Å². The van der Waals surface area contributed by atoms with Gasteiger partial charge in [0.2, 0.25) is 11.9 Å². The maximum Gasteiger partial charge on any atom is 0.323 e. The van der Waals surface area contributed by atoms with Gasteiger partial charge in [-0.3, -0.25) is 0 Å². The summed E-state index contributed by atoms with van der Waals surface area (Å²) in [7, 11) is 1.73. The fourth-order valence-corrected chi connectivity index (χ4v) is 2.39. The molecule has 0 bridgehead atoms. The largest absolute Gasteiger partial charge is 0.461 e. The van der Waals surface area contributed by atoms with Gasteiger partial charge in [0.25, 0.3) is 0 Å². The average Bonchev–Trinajstić information content (AvgIpc) is 2.32. The number of hydrogen-bond donors (Lipinski definition) is 2. The van der Waals surface area contributed by atoms with Gasteiger partial charge in [-0.15, -0.1) is 0 Å². The van der Waals surface area contributed by atoms with Gasteiger partial charge in [0.1, 0.15) is 0 Å². The van der Waals surface area contributed by atoms with Gasteiger partial charge in [-0.2, -0.15) is 15.0 Å². The third-order valence-corrected chi connectivity index (χ3v) is 3.74. The maximum absolute atomic E-state index is 5.68. The molecular weight excluding hydrogens is 258 g/mol. The minimum Gasteiger partial charge on any atom is -0.461 e. The Morgan fingerprint density at radius 3 is 2.55 bits per heavy atom. The van der Waals surface area contributed by atoms with E-state index in [-0.39, 0.29) is 35.6 Å². The van der Waals surface area contributed by atoms with E-state index >= 15 is 0 Å². The molecule has 2 rings (SSSR count). The van der Waals surface area contributed by atoms with E-state index in [1.54, 1.807) is 7.11 Å². The molecule has 7 nitrogen and oxygen atoms in total. The van der Waals surface area contributed by atoms with E-state index in [0.717, 1.165) is 6.42 Å². The Labute approximate surface area is 119 Å².